The number of hydrogen-bond donors (Lipinski definition) is 2. The van der Waals surface area contributed by atoms with Crippen molar-refractivity contribution in [1.82, 2.24) is 15.5 Å². The van der Waals surface area contributed by atoms with E-state index in [0.717, 1.165) is 48.7 Å². The van der Waals surface area contributed by atoms with Crippen molar-refractivity contribution in [3.8, 4) is 0 Å². The van der Waals surface area contributed by atoms with Crippen LogP contribution >= 0.6 is 24.0 Å². The molecule has 0 radical (unpaired) electrons. The average molecular weight is 518 g/mol. The van der Waals surface area contributed by atoms with Gasteiger partial charge in [0, 0.05) is 37.3 Å². The van der Waals surface area contributed by atoms with Gasteiger partial charge in [-0.25, -0.2) is 4.79 Å². The number of aliphatic imine (C=N–C) groups is 1. The first-order chi connectivity index (χ1) is 13.2. The fourth-order valence-electron chi connectivity index (χ4n) is 4.33. The molecule has 2 aliphatic rings. The Morgan fingerprint density at radius 3 is 2.38 bits per heavy atom. The maximum Gasteiger partial charge on any atom is 0.410 e. The number of halogens is 1. The lowest BCUT2D eigenvalue weighted by Gasteiger charge is -2.40. The van der Waals surface area contributed by atoms with Gasteiger partial charge in [-0.15, -0.1) is 24.0 Å². The van der Waals surface area contributed by atoms with Crippen LogP contribution in [-0.4, -0.2) is 47.7 Å². The predicted molar refractivity (Wildman–Crippen MR) is 125 cm³/mol. The van der Waals surface area contributed by atoms with E-state index in [-0.39, 0.29) is 42.2 Å². The number of carbonyl (C=O) groups excluding carboxylic acids is 1. The summed E-state index contributed by atoms with van der Waals surface area (Å²) in [4.78, 5) is 18.9. The van der Waals surface area contributed by atoms with E-state index in [1.807, 2.05) is 39.5 Å². The van der Waals surface area contributed by atoms with Crippen LogP contribution in [0.15, 0.2) is 15.5 Å². The number of fused-ring (bicyclic) bond motifs is 2. The van der Waals surface area contributed by atoms with Crippen LogP contribution in [0.5, 0.6) is 0 Å². The van der Waals surface area contributed by atoms with E-state index < -0.39 is 5.60 Å². The van der Waals surface area contributed by atoms with Crippen molar-refractivity contribution in [3.05, 3.63) is 23.2 Å². The molecule has 164 valence electrons. The summed E-state index contributed by atoms with van der Waals surface area (Å²) in [5.41, 5.74) is 0.682. The predicted octanol–water partition coefficient (Wildman–Crippen LogP) is 4.11. The number of rotatable bonds is 3. The molecule has 0 aliphatic carbocycles. The molecule has 8 heteroatoms. The highest BCUT2D eigenvalue weighted by molar-refractivity contribution is 14.0. The highest BCUT2D eigenvalue weighted by Crippen LogP contribution is 2.36. The van der Waals surface area contributed by atoms with Gasteiger partial charge in [0.15, 0.2) is 5.96 Å². The maximum atomic E-state index is 12.6. The standard InChI is InChI=1S/C21H34N4O3.HI/c1-13-9-15(14(2)27-13)12-23-19(22-6)24-16-10-17-7-8-18(11-16)25(17)20(26)28-21(3,4)5;/h9,16-18H,7-8,10-12H2,1-6H3,(H2,22,23,24);1H. The van der Waals surface area contributed by atoms with Crippen LogP contribution in [0.4, 0.5) is 4.79 Å². The molecule has 2 aliphatic heterocycles. The molecule has 2 fully saturated rings. The molecule has 1 amide bonds. The molecule has 0 spiro atoms. The summed E-state index contributed by atoms with van der Waals surface area (Å²) in [5.74, 6) is 2.64. The minimum Gasteiger partial charge on any atom is -0.466 e. The van der Waals surface area contributed by atoms with Gasteiger partial charge < -0.3 is 24.7 Å². The van der Waals surface area contributed by atoms with Crippen LogP contribution in [0.25, 0.3) is 0 Å². The Bertz CT molecular complexity index is 727. The zero-order valence-electron chi connectivity index (χ0n) is 18.4. The summed E-state index contributed by atoms with van der Waals surface area (Å²) in [5, 5.41) is 6.92. The van der Waals surface area contributed by atoms with E-state index >= 15 is 0 Å². The van der Waals surface area contributed by atoms with Crippen molar-refractivity contribution in [2.45, 2.75) is 90.6 Å². The molecular formula is C21H35IN4O3. The molecule has 2 unspecified atom stereocenters. The second-order valence-corrected chi connectivity index (χ2v) is 8.95. The van der Waals surface area contributed by atoms with E-state index in [0.29, 0.717) is 12.6 Å². The average Bonchev–Trinajstić information content (AvgIpc) is 3.05. The highest BCUT2D eigenvalue weighted by Gasteiger charge is 2.45. The summed E-state index contributed by atoms with van der Waals surface area (Å²) < 4.78 is 11.2. The number of nitrogens with one attached hydrogen (secondary N) is 2. The zero-order chi connectivity index (χ0) is 20.5. The van der Waals surface area contributed by atoms with Gasteiger partial charge in [0.25, 0.3) is 0 Å². The molecule has 2 bridgehead atoms. The molecule has 2 atom stereocenters. The van der Waals surface area contributed by atoms with Gasteiger partial charge in [-0.05, 0) is 66.4 Å². The number of nitrogens with zero attached hydrogens (tertiary/aromatic N) is 2. The number of guanidine groups is 1. The summed E-state index contributed by atoms with van der Waals surface area (Å²) in [6.45, 7) is 10.4. The van der Waals surface area contributed by atoms with Crippen LogP contribution < -0.4 is 10.6 Å². The maximum absolute atomic E-state index is 12.6. The summed E-state index contributed by atoms with van der Waals surface area (Å²) in [6.07, 6.45) is 3.75. The first-order valence-corrected chi connectivity index (χ1v) is 10.2. The van der Waals surface area contributed by atoms with Crippen molar-refractivity contribution in [2.75, 3.05) is 7.05 Å². The van der Waals surface area contributed by atoms with Crippen molar-refractivity contribution < 1.29 is 13.9 Å². The van der Waals surface area contributed by atoms with E-state index in [4.69, 9.17) is 9.15 Å². The number of furan rings is 1. The molecule has 0 aromatic carbocycles. The van der Waals surface area contributed by atoms with E-state index in [9.17, 15) is 4.79 Å². The van der Waals surface area contributed by atoms with Gasteiger partial charge >= 0.3 is 6.09 Å². The summed E-state index contributed by atoms with van der Waals surface area (Å²) in [6, 6.07) is 2.83. The molecule has 29 heavy (non-hydrogen) atoms. The number of piperidine rings is 1. The molecular weight excluding hydrogens is 483 g/mol. The molecule has 3 heterocycles. The van der Waals surface area contributed by atoms with Crippen LogP contribution in [0.3, 0.4) is 0 Å². The molecule has 1 aromatic heterocycles. The number of aryl methyl sites for hydroxylation is 2. The first kappa shape index (κ1) is 23.8. The van der Waals surface area contributed by atoms with Crippen molar-refractivity contribution in [1.29, 1.82) is 0 Å². The summed E-state index contributed by atoms with van der Waals surface area (Å²) >= 11 is 0. The Kier molecular flexibility index (Phi) is 7.86. The second-order valence-electron chi connectivity index (χ2n) is 8.95. The third kappa shape index (κ3) is 6.02. The summed E-state index contributed by atoms with van der Waals surface area (Å²) in [7, 11) is 1.78. The van der Waals surface area contributed by atoms with Crippen molar-refractivity contribution in [3.63, 3.8) is 0 Å². The molecule has 7 nitrogen and oxygen atoms in total. The van der Waals surface area contributed by atoms with Gasteiger partial charge in [0.05, 0.1) is 0 Å². The Morgan fingerprint density at radius 1 is 1.28 bits per heavy atom. The number of amides is 1. The van der Waals surface area contributed by atoms with Crippen LogP contribution in [0.1, 0.15) is 63.5 Å². The normalized spacial score (nSPS) is 24.1. The van der Waals surface area contributed by atoms with E-state index in [1.165, 1.54) is 0 Å². The first-order valence-electron chi connectivity index (χ1n) is 10.2. The van der Waals surface area contributed by atoms with Crippen molar-refractivity contribution >= 4 is 36.0 Å². The molecule has 1 aromatic rings. The lowest BCUT2D eigenvalue weighted by Crippen LogP contribution is -2.54. The number of ether oxygens (including phenoxy) is 1. The lowest BCUT2D eigenvalue weighted by atomic mass is 9.98. The SMILES string of the molecule is CN=C(NCc1cc(C)oc1C)NC1CC2CCC(C1)N2C(=O)OC(C)(C)C.I. The number of carbonyl (C=O) groups is 1. The smallest absolute Gasteiger partial charge is 0.410 e. The van der Waals surface area contributed by atoms with Gasteiger partial charge in [-0.2, -0.15) is 0 Å². The van der Waals surface area contributed by atoms with Crippen LogP contribution in [0, 0.1) is 13.8 Å². The monoisotopic (exact) mass is 518 g/mol. The topological polar surface area (TPSA) is 79.1 Å². The minimum atomic E-state index is -0.457. The minimum absolute atomic E-state index is 0. The quantitative estimate of drug-likeness (QED) is 0.358. The molecule has 3 rings (SSSR count). The Morgan fingerprint density at radius 2 is 1.90 bits per heavy atom. The van der Waals surface area contributed by atoms with Crippen LogP contribution in [-0.2, 0) is 11.3 Å². The van der Waals surface area contributed by atoms with Gasteiger partial charge in [0.2, 0.25) is 0 Å². The number of hydrogen-bond acceptors (Lipinski definition) is 4. The van der Waals surface area contributed by atoms with Gasteiger partial charge in [-0.3, -0.25) is 4.99 Å². The molecule has 0 saturated carbocycles. The Hall–Kier alpha value is -1.45. The fraction of sp³-hybridized carbons (Fsp3) is 0.714. The van der Waals surface area contributed by atoms with E-state index in [2.05, 4.69) is 21.7 Å². The lowest BCUT2D eigenvalue weighted by molar-refractivity contribution is 0.00545. The Balaban J connectivity index is 0.00000300. The van der Waals surface area contributed by atoms with Crippen molar-refractivity contribution in [2.24, 2.45) is 4.99 Å². The molecule has 2 saturated heterocycles. The third-order valence-electron chi connectivity index (χ3n) is 5.49. The zero-order valence-corrected chi connectivity index (χ0v) is 20.7. The Labute approximate surface area is 191 Å². The van der Waals surface area contributed by atoms with Gasteiger partial charge in [0.1, 0.15) is 17.1 Å². The van der Waals surface area contributed by atoms with E-state index in [1.54, 1.807) is 7.05 Å². The fourth-order valence-corrected chi connectivity index (χ4v) is 4.33. The van der Waals surface area contributed by atoms with Gasteiger partial charge in [-0.1, -0.05) is 0 Å². The largest absolute Gasteiger partial charge is 0.466 e. The third-order valence-corrected chi connectivity index (χ3v) is 5.49. The second kappa shape index (κ2) is 9.57. The molecule has 2 N–H and O–H groups in total. The van der Waals surface area contributed by atoms with Crippen LogP contribution in [0.2, 0.25) is 0 Å². The highest BCUT2D eigenvalue weighted by atomic mass is 127.